The molecular formula is C25H36F2N2OSi. The predicted octanol–water partition coefficient (Wildman–Crippen LogP) is 6.59. The summed E-state index contributed by atoms with van der Waals surface area (Å²) >= 11 is 0. The number of rotatable bonds is 6. The van der Waals surface area contributed by atoms with Crippen molar-refractivity contribution in [1.82, 2.24) is 4.90 Å². The van der Waals surface area contributed by atoms with Gasteiger partial charge in [0.05, 0.1) is 6.54 Å². The fourth-order valence-corrected chi connectivity index (χ4v) is 4.70. The number of halogens is 2. The lowest BCUT2D eigenvalue weighted by molar-refractivity contribution is -0.0635. The molecule has 6 heteroatoms. The molecule has 31 heavy (non-hydrogen) atoms. The van der Waals surface area contributed by atoms with Crippen LogP contribution in [0.3, 0.4) is 0 Å². The van der Waals surface area contributed by atoms with Gasteiger partial charge in [-0.3, -0.25) is 4.90 Å². The summed E-state index contributed by atoms with van der Waals surface area (Å²) in [5.41, 5.74) is 9.98. The van der Waals surface area contributed by atoms with Crippen LogP contribution in [0.4, 0.5) is 14.5 Å². The third-order valence-corrected chi connectivity index (χ3v) is 11.0. The predicted molar refractivity (Wildman–Crippen MR) is 128 cm³/mol. The van der Waals surface area contributed by atoms with Crippen LogP contribution >= 0.6 is 0 Å². The molecule has 0 atom stereocenters. The molecule has 2 aromatic rings. The fraction of sp³-hybridized carbons (Fsp3) is 0.520. The maximum absolute atomic E-state index is 13.6. The first-order valence-corrected chi connectivity index (χ1v) is 14.1. The minimum Gasteiger partial charge on any atom is -0.543 e. The number of benzene rings is 2. The Morgan fingerprint density at radius 2 is 1.77 bits per heavy atom. The van der Waals surface area contributed by atoms with Gasteiger partial charge in [0.25, 0.3) is 14.2 Å². The van der Waals surface area contributed by atoms with Crippen molar-refractivity contribution in [1.29, 1.82) is 0 Å². The van der Waals surface area contributed by atoms with Crippen LogP contribution in [0.1, 0.15) is 39.2 Å². The van der Waals surface area contributed by atoms with Gasteiger partial charge >= 0.3 is 0 Å². The van der Waals surface area contributed by atoms with Gasteiger partial charge in [-0.25, -0.2) is 8.78 Å². The topological polar surface area (TPSA) is 38.5 Å². The molecule has 3 rings (SSSR count). The summed E-state index contributed by atoms with van der Waals surface area (Å²) in [5.74, 6) is -1.68. The molecule has 3 nitrogen and oxygen atoms in total. The second-order valence-electron chi connectivity index (χ2n) is 10.3. The Hall–Kier alpha value is -1.92. The van der Waals surface area contributed by atoms with Crippen molar-refractivity contribution < 1.29 is 13.2 Å². The lowest BCUT2D eigenvalue weighted by atomic mass is 10.0. The molecule has 0 spiro atoms. The van der Waals surface area contributed by atoms with E-state index >= 15 is 0 Å². The number of nitrogens with two attached hydrogens (primary N) is 1. The Kier molecular flexibility index (Phi) is 6.82. The van der Waals surface area contributed by atoms with Crippen molar-refractivity contribution in [2.75, 3.05) is 25.4 Å². The van der Waals surface area contributed by atoms with E-state index in [9.17, 15) is 8.78 Å². The van der Waals surface area contributed by atoms with Crippen molar-refractivity contribution in [2.45, 2.75) is 64.1 Å². The Bertz CT molecular complexity index is 891. The summed E-state index contributed by atoms with van der Waals surface area (Å²) < 4.78 is 33.8. The van der Waals surface area contributed by atoms with E-state index in [0.717, 1.165) is 35.4 Å². The minimum atomic E-state index is -2.55. The number of anilines is 1. The van der Waals surface area contributed by atoms with E-state index in [1.807, 2.05) is 23.1 Å². The highest BCUT2D eigenvalue weighted by atomic mass is 28.4. The maximum atomic E-state index is 13.6. The molecule has 0 aromatic heterocycles. The van der Waals surface area contributed by atoms with E-state index in [1.54, 1.807) is 0 Å². The lowest BCUT2D eigenvalue weighted by Gasteiger charge is -2.37. The smallest absolute Gasteiger partial charge is 0.260 e. The van der Waals surface area contributed by atoms with Crippen LogP contribution in [0, 0.1) is 0 Å². The summed E-state index contributed by atoms with van der Waals surface area (Å²) in [7, 11) is -1.99. The molecule has 0 radical (unpaired) electrons. The van der Waals surface area contributed by atoms with Gasteiger partial charge in [0.2, 0.25) is 0 Å². The van der Waals surface area contributed by atoms with Crippen LogP contribution in [0.25, 0.3) is 11.1 Å². The molecule has 1 saturated heterocycles. The molecule has 0 unspecified atom stereocenters. The summed E-state index contributed by atoms with van der Waals surface area (Å²) in [6, 6.07) is 14.1. The molecule has 1 aliphatic heterocycles. The van der Waals surface area contributed by atoms with E-state index in [2.05, 4.69) is 58.1 Å². The first-order chi connectivity index (χ1) is 14.4. The van der Waals surface area contributed by atoms with Gasteiger partial charge in [-0.1, -0.05) is 45.0 Å². The quantitative estimate of drug-likeness (QED) is 0.402. The molecule has 2 aromatic carbocycles. The van der Waals surface area contributed by atoms with Crippen molar-refractivity contribution in [3.63, 3.8) is 0 Å². The molecule has 0 bridgehead atoms. The van der Waals surface area contributed by atoms with Crippen molar-refractivity contribution >= 4 is 14.0 Å². The van der Waals surface area contributed by atoms with Gasteiger partial charge in [0.15, 0.2) is 0 Å². The van der Waals surface area contributed by atoms with Crippen molar-refractivity contribution in [2.24, 2.45) is 0 Å². The Morgan fingerprint density at radius 1 is 1.10 bits per heavy atom. The molecule has 1 fully saturated rings. The maximum Gasteiger partial charge on any atom is 0.260 e. The first-order valence-electron chi connectivity index (χ1n) is 11.1. The second kappa shape index (κ2) is 8.91. The zero-order chi connectivity index (χ0) is 22.9. The van der Waals surface area contributed by atoms with Gasteiger partial charge in [-0.05, 0) is 66.8 Å². The molecule has 2 N–H and O–H groups in total. The summed E-state index contributed by atoms with van der Waals surface area (Å²) in [6.45, 7) is 12.4. The van der Waals surface area contributed by atoms with Gasteiger partial charge in [0.1, 0.15) is 5.75 Å². The summed E-state index contributed by atoms with van der Waals surface area (Å²) in [4.78, 5) is 1.88. The third kappa shape index (κ3) is 6.07. The third-order valence-electron chi connectivity index (χ3n) is 6.63. The molecule has 0 aliphatic carbocycles. The van der Waals surface area contributed by atoms with E-state index in [4.69, 9.17) is 10.2 Å². The zero-order valence-corrected chi connectivity index (χ0v) is 20.5. The molecule has 0 amide bonds. The average molecular weight is 447 g/mol. The van der Waals surface area contributed by atoms with E-state index in [1.165, 1.54) is 0 Å². The van der Waals surface area contributed by atoms with Gasteiger partial charge in [0, 0.05) is 24.2 Å². The highest BCUT2D eigenvalue weighted by Crippen LogP contribution is 2.41. The Morgan fingerprint density at radius 3 is 2.39 bits per heavy atom. The van der Waals surface area contributed by atoms with Crippen LogP contribution < -0.4 is 10.2 Å². The van der Waals surface area contributed by atoms with Gasteiger partial charge < -0.3 is 10.2 Å². The number of hydrogen-bond donors (Lipinski definition) is 1. The number of nitrogens with zero attached hydrogens (tertiary/aromatic N) is 1. The summed E-state index contributed by atoms with van der Waals surface area (Å²) in [5, 5.41) is 0.0980. The first kappa shape index (κ1) is 23.7. The van der Waals surface area contributed by atoms with E-state index in [-0.39, 0.29) is 18.0 Å². The van der Waals surface area contributed by atoms with Crippen molar-refractivity contribution in [3.05, 3.63) is 48.0 Å². The molecule has 170 valence electrons. The minimum absolute atomic E-state index is 0.0116. The average Bonchev–Trinajstić information content (AvgIpc) is 2.66. The Labute approximate surface area is 186 Å². The van der Waals surface area contributed by atoms with Gasteiger partial charge in [-0.15, -0.1) is 0 Å². The standard InChI is InChI=1S/C25H36F2N2OSi/c1-24(2,3)31(4,5)30-23-12-11-21(28)17-22(23)20-9-7-19(8-10-20)13-16-29-15-6-14-25(26,27)18-29/h7-12,17H,6,13-16,18,28H2,1-5H3. The molecule has 1 heterocycles. The highest BCUT2D eigenvalue weighted by molar-refractivity contribution is 6.74. The number of piperidine rings is 1. The lowest BCUT2D eigenvalue weighted by Crippen LogP contribution is -2.44. The second-order valence-corrected chi connectivity index (χ2v) is 15.0. The van der Waals surface area contributed by atoms with E-state index < -0.39 is 14.2 Å². The zero-order valence-electron chi connectivity index (χ0n) is 19.5. The van der Waals surface area contributed by atoms with Crippen LogP contribution in [-0.2, 0) is 6.42 Å². The fourth-order valence-electron chi connectivity index (χ4n) is 3.67. The van der Waals surface area contributed by atoms with Crippen LogP contribution in [0.2, 0.25) is 18.1 Å². The monoisotopic (exact) mass is 446 g/mol. The SMILES string of the molecule is CC(C)(C)[Si](C)(C)Oc1ccc(N)cc1-c1ccc(CCN2CCCC(F)(F)C2)cc1. The summed E-state index contributed by atoms with van der Waals surface area (Å²) in [6.07, 6.45) is 1.34. The largest absolute Gasteiger partial charge is 0.543 e. The van der Waals surface area contributed by atoms with E-state index in [0.29, 0.717) is 18.7 Å². The number of hydrogen-bond acceptors (Lipinski definition) is 3. The number of alkyl halides is 2. The molecule has 1 aliphatic rings. The normalized spacial score (nSPS) is 17.5. The Balaban J connectivity index is 1.74. The van der Waals surface area contributed by atoms with Crippen LogP contribution in [0.15, 0.2) is 42.5 Å². The number of likely N-dealkylation sites (tertiary alicyclic amines) is 1. The van der Waals surface area contributed by atoms with Gasteiger partial charge in [-0.2, -0.15) is 0 Å². The molecular weight excluding hydrogens is 410 g/mol. The highest BCUT2D eigenvalue weighted by Gasteiger charge is 2.39. The number of nitrogen functional groups attached to an aromatic ring is 1. The van der Waals surface area contributed by atoms with Crippen molar-refractivity contribution in [3.8, 4) is 16.9 Å². The molecule has 0 saturated carbocycles. The van der Waals surface area contributed by atoms with Crippen LogP contribution in [0.5, 0.6) is 5.75 Å². The van der Waals surface area contributed by atoms with Crippen LogP contribution in [-0.4, -0.2) is 38.8 Å².